The van der Waals surface area contributed by atoms with Crippen LogP contribution in [0.15, 0.2) is 0 Å². The van der Waals surface area contributed by atoms with Crippen molar-refractivity contribution < 1.29 is 4.79 Å². The summed E-state index contributed by atoms with van der Waals surface area (Å²) in [5.41, 5.74) is 5.23. The first-order chi connectivity index (χ1) is 7.32. The maximum atomic E-state index is 12.3. The summed E-state index contributed by atoms with van der Waals surface area (Å²) in [4.78, 5) is 14.6. The van der Waals surface area contributed by atoms with Gasteiger partial charge in [-0.15, -0.1) is 0 Å². The van der Waals surface area contributed by atoms with Crippen LogP contribution in [0.3, 0.4) is 0 Å². The summed E-state index contributed by atoms with van der Waals surface area (Å²) >= 11 is 4.93. The fourth-order valence-electron chi connectivity index (χ4n) is 2.18. The monoisotopic (exact) mass is 242 g/mol. The van der Waals surface area contributed by atoms with Crippen molar-refractivity contribution in [3.05, 3.63) is 0 Å². The van der Waals surface area contributed by atoms with Crippen molar-refractivity contribution in [3.63, 3.8) is 0 Å². The van der Waals surface area contributed by atoms with Crippen LogP contribution < -0.4 is 5.73 Å². The van der Waals surface area contributed by atoms with Crippen LogP contribution in [0.25, 0.3) is 0 Å². The van der Waals surface area contributed by atoms with E-state index in [2.05, 4.69) is 0 Å². The number of thiocarbonyl (C=S) groups is 1. The quantitative estimate of drug-likeness (QED) is 0.771. The van der Waals surface area contributed by atoms with Crippen molar-refractivity contribution in [2.75, 3.05) is 6.54 Å². The molecule has 0 spiro atoms. The van der Waals surface area contributed by atoms with E-state index in [1.165, 1.54) is 12.8 Å². The molecule has 4 heteroatoms. The molecule has 1 amide bonds. The standard InChI is InChI=1S/C12H22N2OS/c1-12(2,3)11(15)14(8-10(13)16)9-6-4-5-7-9/h9H,4-8H2,1-3H3,(H2,13,16). The van der Waals surface area contributed by atoms with Gasteiger partial charge in [-0.25, -0.2) is 0 Å². The molecule has 16 heavy (non-hydrogen) atoms. The highest BCUT2D eigenvalue weighted by Gasteiger charge is 2.33. The molecule has 0 bridgehead atoms. The largest absolute Gasteiger partial charge is 0.392 e. The van der Waals surface area contributed by atoms with E-state index in [-0.39, 0.29) is 11.3 Å². The molecule has 1 aliphatic carbocycles. The van der Waals surface area contributed by atoms with Crippen molar-refractivity contribution in [2.45, 2.75) is 52.5 Å². The molecule has 0 aromatic heterocycles. The summed E-state index contributed by atoms with van der Waals surface area (Å²) in [5.74, 6) is 0.159. The average molecular weight is 242 g/mol. The topological polar surface area (TPSA) is 46.3 Å². The minimum Gasteiger partial charge on any atom is -0.392 e. The van der Waals surface area contributed by atoms with Gasteiger partial charge in [0.25, 0.3) is 0 Å². The molecule has 1 rings (SSSR count). The number of amides is 1. The lowest BCUT2D eigenvalue weighted by molar-refractivity contribution is -0.140. The fraction of sp³-hybridized carbons (Fsp3) is 0.833. The maximum Gasteiger partial charge on any atom is 0.228 e. The Morgan fingerprint density at radius 1 is 1.38 bits per heavy atom. The van der Waals surface area contributed by atoms with Crippen molar-refractivity contribution in [1.82, 2.24) is 4.90 Å². The second-order valence-electron chi connectivity index (χ2n) is 5.59. The lowest BCUT2D eigenvalue weighted by Gasteiger charge is -2.34. The Labute approximate surface area is 103 Å². The molecule has 0 saturated heterocycles. The number of carbonyl (C=O) groups is 1. The van der Waals surface area contributed by atoms with E-state index in [0.717, 1.165) is 12.8 Å². The van der Waals surface area contributed by atoms with Gasteiger partial charge in [0.15, 0.2) is 0 Å². The van der Waals surface area contributed by atoms with E-state index in [4.69, 9.17) is 18.0 Å². The highest BCUT2D eigenvalue weighted by molar-refractivity contribution is 7.80. The van der Waals surface area contributed by atoms with Crippen LogP contribution in [0.1, 0.15) is 46.5 Å². The lowest BCUT2D eigenvalue weighted by atomic mass is 9.93. The third kappa shape index (κ3) is 3.44. The van der Waals surface area contributed by atoms with Crippen LogP contribution in [0.4, 0.5) is 0 Å². The van der Waals surface area contributed by atoms with Gasteiger partial charge in [0, 0.05) is 11.5 Å². The van der Waals surface area contributed by atoms with Gasteiger partial charge in [0.2, 0.25) is 5.91 Å². The smallest absolute Gasteiger partial charge is 0.228 e. The number of rotatable bonds is 3. The first-order valence-electron chi connectivity index (χ1n) is 5.92. The van der Waals surface area contributed by atoms with Crippen LogP contribution in [-0.4, -0.2) is 28.4 Å². The summed E-state index contributed by atoms with van der Waals surface area (Å²) in [6, 6.07) is 0.341. The molecule has 0 unspecified atom stereocenters. The molecule has 0 atom stereocenters. The van der Waals surface area contributed by atoms with E-state index >= 15 is 0 Å². The molecule has 2 N–H and O–H groups in total. The van der Waals surface area contributed by atoms with Crippen LogP contribution in [-0.2, 0) is 4.79 Å². The number of nitrogens with two attached hydrogens (primary N) is 1. The maximum absolute atomic E-state index is 12.3. The zero-order chi connectivity index (χ0) is 12.3. The first-order valence-corrected chi connectivity index (χ1v) is 6.32. The number of hydrogen-bond donors (Lipinski definition) is 1. The predicted octanol–water partition coefficient (Wildman–Crippen LogP) is 2.09. The Balaban J connectivity index is 2.77. The summed E-state index contributed by atoms with van der Waals surface area (Å²) in [7, 11) is 0. The molecule has 1 aliphatic rings. The summed E-state index contributed by atoms with van der Waals surface area (Å²) < 4.78 is 0. The van der Waals surface area contributed by atoms with Gasteiger partial charge in [0.05, 0.1) is 11.5 Å². The molecule has 92 valence electrons. The van der Waals surface area contributed by atoms with Gasteiger partial charge in [0.1, 0.15) is 0 Å². The molecular formula is C12H22N2OS. The fourth-order valence-corrected chi connectivity index (χ4v) is 2.32. The second-order valence-corrected chi connectivity index (χ2v) is 6.11. The minimum atomic E-state index is -0.354. The van der Waals surface area contributed by atoms with Gasteiger partial charge in [-0.1, -0.05) is 45.8 Å². The van der Waals surface area contributed by atoms with E-state index in [9.17, 15) is 4.79 Å². The second kappa shape index (κ2) is 5.13. The van der Waals surface area contributed by atoms with Gasteiger partial charge < -0.3 is 10.6 Å². The Bertz CT molecular complexity index is 277. The van der Waals surface area contributed by atoms with Crippen LogP contribution in [0.5, 0.6) is 0 Å². The third-order valence-electron chi connectivity index (χ3n) is 2.99. The molecule has 0 aliphatic heterocycles. The third-order valence-corrected chi connectivity index (χ3v) is 3.12. The van der Waals surface area contributed by atoms with E-state index in [1.807, 2.05) is 25.7 Å². The van der Waals surface area contributed by atoms with Crippen LogP contribution in [0.2, 0.25) is 0 Å². The first kappa shape index (κ1) is 13.4. The zero-order valence-electron chi connectivity index (χ0n) is 10.5. The summed E-state index contributed by atoms with van der Waals surface area (Å²) in [6.45, 7) is 6.25. The van der Waals surface area contributed by atoms with Crippen LogP contribution >= 0.6 is 12.2 Å². The Morgan fingerprint density at radius 3 is 2.25 bits per heavy atom. The molecule has 1 saturated carbocycles. The summed E-state index contributed by atoms with van der Waals surface area (Å²) in [5, 5.41) is 0. The molecular weight excluding hydrogens is 220 g/mol. The number of nitrogens with zero attached hydrogens (tertiary/aromatic N) is 1. The lowest BCUT2D eigenvalue weighted by Crippen LogP contribution is -2.48. The molecule has 0 heterocycles. The zero-order valence-corrected chi connectivity index (χ0v) is 11.3. The SMILES string of the molecule is CC(C)(C)C(=O)N(CC(N)=S)C1CCCC1. The van der Waals surface area contributed by atoms with Crippen molar-refractivity contribution in [3.8, 4) is 0 Å². The minimum absolute atomic E-state index is 0.159. The van der Waals surface area contributed by atoms with Crippen molar-refractivity contribution in [1.29, 1.82) is 0 Å². The highest BCUT2D eigenvalue weighted by Crippen LogP contribution is 2.27. The average Bonchev–Trinajstić information content (AvgIpc) is 2.63. The van der Waals surface area contributed by atoms with Gasteiger partial charge >= 0.3 is 0 Å². The molecule has 1 fully saturated rings. The Morgan fingerprint density at radius 2 is 1.88 bits per heavy atom. The van der Waals surface area contributed by atoms with E-state index in [1.54, 1.807) is 0 Å². The van der Waals surface area contributed by atoms with Gasteiger partial charge in [-0.05, 0) is 12.8 Å². The predicted molar refractivity (Wildman–Crippen MR) is 70.2 cm³/mol. The number of carbonyl (C=O) groups excluding carboxylic acids is 1. The Kier molecular flexibility index (Phi) is 4.30. The molecule has 3 nitrogen and oxygen atoms in total. The molecule has 0 aromatic carbocycles. The Hall–Kier alpha value is -0.640. The van der Waals surface area contributed by atoms with Crippen LogP contribution in [0, 0.1) is 5.41 Å². The van der Waals surface area contributed by atoms with E-state index in [0.29, 0.717) is 17.6 Å². The van der Waals surface area contributed by atoms with E-state index < -0.39 is 0 Å². The van der Waals surface area contributed by atoms with Gasteiger partial charge in [-0.2, -0.15) is 0 Å². The highest BCUT2D eigenvalue weighted by atomic mass is 32.1. The van der Waals surface area contributed by atoms with Crippen molar-refractivity contribution in [2.24, 2.45) is 11.1 Å². The normalized spacial score (nSPS) is 17.4. The van der Waals surface area contributed by atoms with Gasteiger partial charge in [-0.3, -0.25) is 4.79 Å². The number of hydrogen-bond acceptors (Lipinski definition) is 2. The molecule has 0 aromatic rings. The summed E-state index contributed by atoms with van der Waals surface area (Å²) in [6.07, 6.45) is 4.58. The van der Waals surface area contributed by atoms with Crippen molar-refractivity contribution >= 4 is 23.1 Å². The molecule has 0 radical (unpaired) electrons.